The molecule has 0 radical (unpaired) electrons. The molecule has 1 heterocycles. The van der Waals surface area contributed by atoms with Crippen LogP contribution in [0.4, 0.5) is 5.69 Å². The van der Waals surface area contributed by atoms with Crippen LogP contribution in [0.1, 0.15) is 16.1 Å². The van der Waals surface area contributed by atoms with Crippen LogP contribution in [0.5, 0.6) is 11.5 Å². The highest BCUT2D eigenvalue weighted by molar-refractivity contribution is 6.30. The molecular formula is C18H12ClNO5. The minimum absolute atomic E-state index is 0.137. The van der Waals surface area contributed by atoms with Crippen LogP contribution in [-0.4, -0.2) is 11.2 Å². The second-order valence-electron chi connectivity index (χ2n) is 5.30. The van der Waals surface area contributed by atoms with Gasteiger partial charge >= 0.3 is 0 Å². The van der Waals surface area contributed by atoms with E-state index in [-0.39, 0.29) is 17.2 Å². The van der Waals surface area contributed by atoms with E-state index < -0.39 is 4.92 Å². The molecule has 25 heavy (non-hydrogen) atoms. The number of aryl methyl sites for hydroxylation is 1. The fourth-order valence-corrected chi connectivity index (χ4v) is 2.54. The number of ether oxygens (including phenoxy) is 1. The number of rotatable bonds is 5. The Bertz CT molecular complexity index is 964. The monoisotopic (exact) mass is 357 g/mol. The molecule has 0 aliphatic rings. The molecule has 7 heteroatoms. The molecule has 2 aromatic carbocycles. The third-order valence-corrected chi connectivity index (χ3v) is 3.73. The molecule has 0 N–H and O–H groups in total. The number of halogens is 1. The van der Waals surface area contributed by atoms with Crippen LogP contribution in [0.15, 0.2) is 52.9 Å². The van der Waals surface area contributed by atoms with Gasteiger partial charge in [-0.3, -0.25) is 14.9 Å². The van der Waals surface area contributed by atoms with Crippen LogP contribution in [0.3, 0.4) is 0 Å². The Morgan fingerprint density at radius 3 is 2.60 bits per heavy atom. The summed E-state index contributed by atoms with van der Waals surface area (Å²) in [5, 5.41) is 11.8. The molecule has 3 aromatic rings. The SMILES string of the molecule is Cc1cc(Cl)ccc1Oc1cc(-c2ccc(C=O)o2)cc([N+](=O)[O-])c1. The highest BCUT2D eigenvalue weighted by Gasteiger charge is 2.15. The number of non-ortho nitro benzene ring substituents is 1. The molecule has 0 atom stereocenters. The lowest BCUT2D eigenvalue weighted by Crippen LogP contribution is -1.92. The Morgan fingerprint density at radius 1 is 1.16 bits per heavy atom. The van der Waals surface area contributed by atoms with Gasteiger partial charge in [-0.2, -0.15) is 0 Å². The summed E-state index contributed by atoms with van der Waals surface area (Å²) < 4.78 is 11.1. The molecule has 0 spiro atoms. The van der Waals surface area contributed by atoms with Gasteiger partial charge in [0, 0.05) is 16.7 Å². The van der Waals surface area contributed by atoms with Gasteiger partial charge in [0.2, 0.25) is 0 Å². The van der Waals surface area contributed by atoms with Gasteiger partial charge in [0.1, 0.15) is 17.3 Å². The minimum Gasteiger partial charge on any atom is -0.457 e. The lowest BCUT2D eigenvalue weighted by molar-refractivity contribution is -0.384. The Morgan fingerprint density at radius 2 is 1.96 bits per heavy atom. The summed E-state index contributed by atoms with van der Waals surface area (Å²) in [6.07, 6.45) is 0.565. The smallest absolute Gasteiger partial charge is 0.273 e. The van der Waals surface area contributed by atoms with Crippen molar-refractivity contribution in [2.45, 2.75) is 6.92 Å². The van der Waals surface area contributed by atoms with E-state index in [2.05, 4.69) is 0 Å². The number of nitrogens with zero attached hydrogens (tertiary/aromatic N) is 1. The van der Waals surface area contributed by atoms with Gasteiger partial charge in [0.05, 0.1) is 11.0 Å². The zero-order chi connectivity index (χ0) is 18.0. The van der Waals surface area contributed by atoms with Crippen molar-refractivity contribution in [3.63, 3.8) is 0 Å². The normalized spacial score (nSPS) is 10.5. The number of nitro groups is 1. The van der Waals surface area contributed by atoms with Crippen LogP contribution in [0.25, 0.3) is 11.3 Å². The van der Waals surface area contributed by atoms with Gasteiger partial charge in [0.15, 0.2) is 12.0 Å². The van der Waals surface area contributed by atoms with E-state index >= 15 is 0 Å². The summed E-state index contributed by atoms with van der Waals surface area (Å²) in [7, 11) is 0. The molecule has 0 amide bonds. The predicted molar refractivity (Wildman–Crippen MR) is 92.4 cm³/mol. The number of hydrogen-bond donors (Lipinski definition) is 0. The number of aldehydes is 1. The molecule has 0 saturated heterocycles. The van der Waals surface area contributed by atoms with Crippen molar-refractivity contribution in [1.82, 2.24) is 0 Å². The highest BCUT2D eigenvalue weighted by atomic mass is 35.5. The predicted octanol–water partition coefficient (Wildman–Crippen LogP) is 5.42. The average Bonchev–Trinajstić information content (AvgIpc) is 3.06. The van der Waals surface area contributed by atoms with Crippen molar-refractivity contribution < 1.29 is 18.9 Å². The van der Waals surface area contributed by atoms with E-state index in [1.165, 1.54) is 18.2 Å². The molecule has 3 rings (SSSR count). The van der Waals surface area contributed by atoms with E-state index in [0.29, 0.717) is 28.4 Å². The third-order valence-electron chi connectivity index (χ3n) is 3.49. The largest absolute Gasteiger partial charge is 0.457 e. The maximum absolute atomic E-state index is 11.2. The number of benzene rings is 2. The van der Waals surface area contributed by atoms with Crippen LogP contribution < -0.4 is 4.74 Å². The van der Waals surface area contributed by atoms with Crippen molar-refractivity contribution in [2.75, 3.05) is 0 Å². The first-order valence-corrected chi connectivity index (χ1v) is 7.63. The molecule has 0 aliphatic heterocycles. The van der Waals surface area contributed by atoms with E-state index in [1.54, 1.807) is 30.3 Å². The quantitative estimate of drug-likeness (QED) is 0.346. The molecule has 0 bridgehead atoms. The first-order chi connectivity index (χ1) is 12.0. The van der Waals surface area contributed by atoms with Gasteiger partial charge in [-0.15, -0.1) is 0 Å². The van der Waals surface area contributed by atoms with Crippen molar-refractivity contribution >= 4 is 23.6 Å². The number of carbonyl (C=O) groups is 1. The van der Waals surface area contributed by atoms with Crippen molar-refractivity contribution in [3.8, 4) is 22.8 Å². The van der Waals surface area contributed by atoms with Crippen LogP contribution in [0.2, 0.25) is 5.02 Å². The molecule has 0 aliphatic carbocycles. The van der Waals surface area contributed by atoms with E-state index in [1.807, 2.05) is 6.92 Å². The van der Waals surface area contributed by atoms with E-state index in [4.69, 9.17) is 20.8 Å². The Balaban J connectivity index is 2.03. The molecule has 1 aromatic heterocycles. The Kier molecular flexibility index (Phi) is 4.54. The van der Waals surface area contributed by atoms with Crippen LogP contribution in [-0.2, 0) is 0 Å². The third kappa shape index (κ3) is 3.70. The van der Waals surface area contributed by atoms with Gasteiger partial charge in [-0.05, 0) is 48.9 Å². The fourth-order valence-electron chi connectivity index (χ4n) is 2.32. The first kappa shape index (κ1) is 16.7. The molecule has 0 fully saturated rings. The zero-order valence-corrected chi connectivity index (χ0v) is 13.8. The van der Waals surface area contributed by atoms with Gasteiger partial charge in [-0.1, -0.05) is 11.6 Å². The van der Waals surface area contributed by atoms with E-state index in [0.717, 1.165) is 5.56 Å². The Labute approximate surface area is 147 Å². The van der Waals surface area contributed by atoms with Crippen molar-refractivity contribution in [2.24, 2.45) is 0 Å². The van der Waals surface area contributed by atoms with Crippen molar-refractivity contribution in [3.05, 3.63) is 75.0 Å². The number of carbonyl (C=O) groups excluding carboxylic acids is 1. The van der Waals surface area contributed by atoms with Crippen molar-refractivity contribution in [1.29, 1.82) is 0 Å². The number of furan rings is 1. The second kappa shape index (κ2) is 6.78. The Hall–Kier alpha value is -3.12. The van der Waals surface area contributed by atoms with E-state index in [9.17, 15) is 14.9 Å². The molecule has 6 nitrogen and oxygen atoms in total. The lowest BCUT2D eigenvalue weighted by atomic mass is 10.1. The fraction of sp³-hybridized carbons (Fsp3) is 0.0556. The maximum atomic E-state index is 11.2. The second-order valence-corrected chi connectivity index (χ2v) is 5.74. The summed E-state index contributed by atoms with van der Waals surface area (Å²) in [6.45, 7) is 1.82. The lowest BCUT2D eigenvalue weighted by Gasteiger charge is -2.10. The van der Waals surface area contributed by atoms with Gasteiger partial charge in [-0.25, -0.2) is 0 Å². The minimum atomic E-state index is -0.519. The maximum Gasteiger partial charge on any atom is 0.273 e. The molecule has 0 saturated carbocycles. The number of hydrogen-bond acceptors (Lipinski definition) is 5. The first-order valence-electron chi connectivity index (χ1n) is 7.25. The summed E-state index contributed by atoms with van der Waals surface area (Å²) >= 11 is 5.92. The van der Waals surface area contributed by atoms with Gasteiger partial charge in [0.25, 0.3) is 5.69 Å². The molecular weight excluding hydrogens is 346 g/mol. The summed E-state index contributed by atoms with van der Waals surface area (Å²) in [6, 6.07) is 12.4. The summed E-state index contributed by atoms with van der Waals surface area (Å²) in [5.41, 5.74) is 1.08. The van der Waals surface area contributed by atoms with Gasteiger partial charge < -0.3 is 9.15 Å². The molecule has 126 valence electrons. The summed E-state index contributed by atoms with van der Waals surface area (Å²) in [4.78, 5) is 21.5. The highest BCUT2D eigenvalue weighted by Crippen LogP contribution is 2.34. The van der Waals surface area contributed by atoms with Crippen LogP contribution >= 0.6 is 11.6 Å². The number of nitro benzene ring substituents is 1. The topological polar surface area (TPSA) is 82.6 Å². The average molecular weight is 358 g/mol. The van der Waals surface area contributed by atoms with Crippen LogP contribution in [0, 0.1) is 17.0 Å². The summed E-state index contributed by atoms with van der Waals surface area (Å²) in [5.74, 6) is 1.28. The standard InChI is InChI=1S/C18H12ClNO5/c1-11-6-13(19)2-4-17(11)25-16-8-12(7-14(9-16)20(22)23)18-5-3-15(10-21)24-18/h2-10H,1H3. The molecule has 0 unspecified atom stereocenters. The zero-order valence-electron chi connectivity index (χ0n) is 13.1.